The highest BCUT2D eigenvalue weighted by Crippen LogP contribution is 2.28. The molecular weight excluding hydrogens is 195 g/mol. The van der Waals surface area contributed by atoms with Gasteiger partial charge in [0, 0.05) is 6.04 Å². The van der Waals surface area contributed by atoms with Crippen LogP contribution in [0.3, 0.4) is 0 Å². The summed E-state index contributed by atoms with van der Waals surface area (Å²) in [6.45, 7) is 2.98. The summed E-state index contributed by atoms with van der Waals surface area (Å²) in [5.41, 5.74) is 4.69. The summed E-state index contributed by atoms with van der Waals surface area (Å²) in [5, 5.41) is 0. The lowest BCUT2D eigenvalue weighted by Crippen LogP contribution is -2.15. The van der Waals surface area contributed by atoms with Crippen LogP contribution in [0.25, 0.3) is 0 Å². The molecule has 6 heteroatoms. The van der Waals surface area contributed by atoms with E-state index in [2.05, 4.69) is 9.97 Å². The molecule has 0 aliphatic rings. The topological polar surface area (TPSA) is 51.8 Å². The van der Waals surface area contributed by atoms with Crippen LogP contribution in [0.4, 0.5) is 13.2 Å². The molecule has 0 aliphatic heterocycles. The molecule has 1 aromatic heterocycles. The van der Waals surface area contributed by atoms with Gasteiger partial charge >= 0.3 is 6.18 Å². The Balaban J connectivity index is 3.21. The number of nitrogens with zero attached hydrogens (tertiary/aromatic N) is 2. The van der Waals surface area contributed by atoms with E-state index in [1.54, 1.807) is 6.92 Å². The second kappa shape index (κ2) is 3.53. The molecule has 78 valence electrons. The van der Waals surface area contributed by atoms with Crippen LogP contribution in [-0.2, 0) is 6.18 Å². The molecule has 3 nitrogen and oxygen atoms in total. The molecule has 0 saturated heterocycles. The van der Waals surface area contributed by atoms with E-state index in [0.29, 0.717) is 0 Å². The van der Waals surface area contributed by atoms with Crippen molar-refractivity contribution in [2.75, 3.05) is 0 Å². The summed E-state index contributed by atoms with van der Waals surface area (Å²) < 4.78 is 36.8. The highest BCUT2D eigenvalue weighted by molar-refractivity contribution is 5.15. The van der Waals surface area contributed by atoms with Gasteiger partial charge in [0.15, 0.2) is 0 Å². The van der Waals surface area contributed by atoms with Crippen molar-refractivity contribution in [3.05, 3.63) is 23.3 Å². The van der Waals surface area contributed by atoms with Gasteiger partial charge in [-0.25, -0.2) is 9.97 Å². The quantitative estimate of drug-likeness (QED) is 0.760. The summed E-state index contributed by atoms with van der Waals surface area (Å²) in [6.07, 6.45) is -4.45. The molecule has 0 aromatic carbocycles. The zero-order valence-corrected chi connectivity index (χ0v) is 7.76. The number of hydrogen-bond acceptors (Lipinski definition) is 3. The van der Waals surface area contributed by atoms with Crippen molar-refractivity contribution in [3.63, 3.8) is 0 Å². The van der Waals surface area contributed by atoms with Crippen LogP contribution in [0.15, 0.2) is 6.07 Å². The number of alkyl halides is 3. The molecule has 0 spiro atoms. The zero-order valence-electron chi connectivity index (χ0n) is 7.76. The number of rotatable bonds is 1. The molecule has 1 rings (SSSR count). The third-order valence-electron chi connectivity index (χ3n) is 1.61. The van der Waals surface area contributed by atoms with Gasteiger partial charge in [-0.3, -0.25) is 0 Å². The SMILES string of the molecule is Cc1nc(C(C)N)cc(C(F)(F)F)n1. The fourth-order valence-electron chi connectivity index (χ4n) is 0.969. The molecule has 14 heavy (non-hydrogen) atoms. The van der Waals surface area contributed by atoms with Crippen molar-refractivity contribution >= 4 is 0 Å². The first-order valence-corrected chi connectivity index (χ1v) is 3.99. The first-order chi connectivity index (χ1) is 6.30. The van der Waals surface area contributed by atoms with Crippen LogP contribution in [-0.4, -0.2) is 9.97 Å². The normalized spacial score (nSPS) is 14.1. The minimum absolute atomic E-state index is 0.0760. The van der Waals surface area contributed by atoms with Gasteiger partial charge in [-0.05, 0) is 19.9 Å². The van der Waals surface area contributed by atoms with Crippen LogP contribution in [0.1, 0.15) is 30.2 Å². The lowest BCUT2D eigenvalue weighted by Gasteiger charge is -2.10. The number of aromatic nitrogens is 2. The average molecular weight is 205 g/mol. The average Bonchev–Trinajstić information content (AvgIpc) is 2.01. The molecule has 0 radical (unpaired) electrons. The molecule has 1 atom stereocenters. The van der Waals surface area contributed by atoms with Gasteiger partial charge in [0.2, 0.25) is 0 Å². The minimum atomic E-state index is -4.45. The smallest absolute Gasteiger partial charge is 0.323 e. The van der Waals surface area contributed by atoms with Crippen molar-refractivity contribution in [1.29, 1.82) is 0 Å². The van der Waals surface area contributed by atoms with Crippen molar-refractivity contribution < 1.29 is 13.2 Å². The molecular formula is C8H10F3N3. The highest BCUT2D eigenvalue weighted by atomic mass is 19.4. The van der Waals surface area contributed by atoms with Crippen molar-refractivity contribution in [1.82, 2.24) is 9.97 Å². The lowest BCUT2D eigenvalue weighted by atomic mass is 10.2. The predicted molar refractivity (Wildman–Crippen MR) is 44.4 cm³/mol. The van der Waals surface area contributed by atoms with E-state index in [1.807, 2.05) is 0 Å². The second-order valence-corrected chi connectivity index (χ2v) is 3.01. The Labute approximate surface area is 79.2 Å². The fraction of sp³-hybridized carbons (Fsp3) is 0.500. The summed E-state index contributed by atoms with van der Waals surface area (Å²) in [5.74, 6) is 0.0760. The summed E-state index contributed by atoms with van der Waals surface area (Å²) >= 11 is 0. The van der Waals surface area contributed by atoms with Gasteiger partial charge in [-0.2, -0.15) is 13.2 Å². The number of nitrogens with two attached hydrogens (primary N) is 1. The Hall–Kier alpha value is -1.17. The van der Waals surface area contributed by atoms with Crippen LogP contribution < -0.4 is 5.73 Å². The van der Waals surface area contributed by atoms with E-state index >= 15 is 0 Å². The summed E-state index contributed by atoms with van der Waals surface area (Å²) in [4.78, 5) is 7.11. The molecule has 0 amide bonds. The van der Waals surface area contributed by atoms with Gasteiger partial charge in [0.25, 0.3) is 0 Å². The van der Waals surface area contributed by atoms with Gasteiger partial charge in [0.05, 0.1) is 5.69 Å². The Morgan fingerprint density at radius 2 is 1.93 bits per heavy atom. The molecule has 2 N–H and O–H groups in total. The van der Waals surface area contributed by atoms with Crippen molar-refractivity contribution in [2.45, 2.75) is 26.1 Å². The number of halogens is 3. The Bertz CT molecular complexity index is 333. The highest BCUT2D eigenvalue weighted by Gasteiger charge is 2.33. The lowest BCUT2D eigenvalue weighted by molar-refractivity contribution is -0.141. The first-order valence-electron chi connectivity index (χ1n) is 3.99. The minimum Gasteiger partial charge on any atom is -0.323 e. The largest absolute Gasteiger partial charge is 0.433 e. The van der Waals surface area contributed by atoms with E-state index in [-0.39, 0.29) is 11.5 Å². The zero-order chi connectivity index (χ0) is 10.9. The maximum atomic E-state index is 12.3. The van der Waals surface area contributed by atoms with Crippen molar-refractivity contribution in [2.24, 2.45) is 5.73 Å². The Morgan fingerprint density at radius 1 is 1.36 bits per heavy atom. The predicted octanol–water partition coefficient (Wildman–Crippen LogP) is 1.82. The second-order valence-electron chi connectivity index (χ2n) is 3.01. The Morgan fingerprint density at radius 3 is 2.36 bits per heavy atom. The van der Waals surface area contributed by atoms with Gasteiger partial charge in [-0.15, -0.1) is 0 Å². The molecule has 0 fully saturated rings. The first kappa shape index (κ1) is 10.9. The molecule has 0 aliphatic carbocycles. The van der Waals surface area contributed by atoms with Crippen LogP contribution in [0.2, 0.25) is 0 Å². The monoisotopic (exact) mass is 205 g/mol. The summed E-state index contributed by atoms with van der Waals surface area (Å²) in [6, 6.07) is 0.343. The number of aryl methyl sites for hydroxylation is 1. The molecule has 1 unspecified atom stereocenters. The van der Waals surface area contributed by atoms with E-state index < -0.39 is 17.9 Å². The van der Waals surface area contributed by atoms with Crippen molar-refractivity contribution in [3.8, 4) is 0 Å². The fourth-order valence-corrected chi connectivity index (χ4v) is 0.969. The maximum Gasteiger partial charge on any atom is 0.433 e. The third-order valence-corrected chi connectivity index (χ3v) is 1.61. The van der Waals surface area contributed by atoms with Crippen LogP contribution in [0.5, 0.6) is 0 Å². The van der Waals surface area contributed by atoms with E-state index in [1.165, 1.54) is 6.92 Å². The number of hydrogen-bond donors (Lipinski definition) is 1. The van der Waals surface area contributed by atoms with Gasteiger partial charge in [0.1, 0.15) is 11.5 Å². The maximum absolute atomic E-state index is 12.3. The molecule has 1 aromatic rings. The summed E-state index contributed by atoms with van der Waals surface area (Å²) in [7, 11) is 0. The Kier molecular flexibility index (Phi) is 2.75. The molecule has 1 heterocycles. The van der Waals surface area contributed by atoms with E-state index in [4.69, 9.17) is 5.73 Å². The standard InChI is InChI=1S/C8H10F3N3/c1-4(12)6-3-7(8(9,10)11)14-5(2)13-6/h3-4H,12H2,1-2H3. The van der Waals surface area contributed by atoms with Crippen LogP contribution >= 0.6 is 0 Å². The van der Waals surface area contributed by atoms with E-state index in [0.717, 1.165) is 6.07 Å². The van der Waals surface area contributed by atoms with Crippen LogP contribution in [0, 0.1) is 6.92 Å². The van der Waals surface area contributed by atoms with Gasteiger partial charge < -0.3 is 5.73 Å². The van der Waals surface area contributed by atoms with Gasteiger partial charge in [-0.1, -0.05) is 0 Å². The van der Waals surface area contributed by atoms with E-state index in [9.17, 15) is 13.2 Å². The molecule has 0 bridgehead atoms. The molecule has 0 saturated carbocycles. The third kappa shape index (κ3) is 2.41.